The Kier molecular flexibility index (Phi) is 4.06. The van der Waals surface area contributed by atoms with Crippen molar-refractivity contribution in [2.75, 3.05) is 0 Å². The molecule has 0 bridgehead atoms. The summed E-state index contributed by atoms with van der Waals surface area (Å²) in [6.07, 6.45) is 1.14. The number of hydrogen-bond donors (Lipinski definition) is 1. The number of aromatic nitrogens is 2. The fourth-order valence-corrected chi connectivity index (χ4v) is 1.91. The lowest BCUT2D eigenvalue weighted by Crippen LogP contribution is -2.12. The van der Waals surface area contributed by atoms with Gasteiger partial charge in [-0.15, -0.1) is 0 Å². The Morgan fingerprint density at radius 1 is 1.38 bits per heavy atom. The SMILES string of the molecule is CCCc1cc(=O)[nH]c(-c2c(F)ccc([N+](=O)[O-])c2F)n1. The maximum absolute atomic E-state index is 14.1. The van der Waals surface area contributed by atoms with Crippen LogP contribution in [0.15, 0.2) is 23.0 Å². The van der Waals surface area contributed by atoms with Gasteiger partial charge in [-0.3, -0.25) is 14.9 Å². The molecule has 0 radical (unpaired) electrons. The van der Waals surface area contributed by atoms with Crippen molar-refractivity contribution in [3.8, 4) is 11.4 Å². The van der Waals surface area contributed by atoms with Gasteiger partial charge >= 0.3 is 5.69 Å². The van der Waals surface area contributed by atoms with E-state index in [9.17, 15) is 23.7 Å². The average Bonchev–Trinajstić information content (AvgIpc) is 2.38. The Morgan fingerprint density at radius 2 is 2.10 bits per heavy atom. The minimum Gasteiger partial charge on any atom is -0.306 e. The van der Waals surface area contributed by atoms with E-state index >= 15 is 0 Å². The standard InChI is InChI=1S/C13H11F2N3O3/c1-2-3-7-6-10(19)17-13(16-7)11-8(14)4-5-9(12(11)15)18(20)21/h4-6H,2-3H2,1H3,(H,16,17,19). The molecular formula is C13H11F2N3O3. The van der Waals surface area contributed by atoms with E-state index in [-0.39, 0.29) is 5.82 Å². The first-order chi connectivity index (χ1) is 9.93. The molecule has 0 aliphatic rings. The summed E-state index contributed by atoms with van der Waals surface area (Å²) in [7, 11) is 0. The van der Waals surface area contributed by atoms with Gasteiger partial charge in [-0.1, -0.05) is 13.3 Å². The number of H-pyrrole nitrogens is 1. The van der Waals surface area contributed by atoms with Gasteiger partial charge in [-0.05, 0) is 12.5 Å². The van der Waals surface area contributed by atoms with Gasteiger partial charge in [0.1, 0.15) is 11.6 Å². The van der Waals surface area contributed by atoms with E-state index in [1.165, 1.54) is 6.07 Å². The minimum absolute atomic E-state index is 0.357. The van der Waals surface area contributed by atoms with Gasteiger partial charge in [-0.2, -0.15) is 4.39 Å². The molecule has 0 amide bonds. The zero-order valence-electron chi connectivity index (χ0n) is 11.0. The van der Waals surface area contributed by atoms with Crippen LogP contribution in [-0.2, 0) is 6.42 Å². The number of hydrogen-bond acceptors (Lipinski definition) is 4. The van der Waals surface area contributed by atoms with Gasteiger partial charge in [0.15, 0.2) is 0 Å². The second-order valence-electron chi connectivity index (χ2n) is 4.35. The summed E-state index contributed by atoms with van der Waals surface area (Å²) in [6, 6.07) is 2.71. The van der Waals surface area contributed by atoms with Crippen LogP contribution in [0.3, 0.4) is 0 Å². The van der Waals surface area contributed by atoms with E-state index in [1.807, 2.05) is 6.92 Å². The molecule has 1 heterocycles. The topological polar surface area (TPSA) is 88.9 Å². The molecule has 1 aromatic carbocycles. The number of nitrogens with one attached hydrogen (secondary N) is 1. The van der Waals surface area contributed by atoms with E-state index < -0.39 is 33.4 Å². The zero-order chi connectivity index (χ0) is 15.6. The lowest BCUT2D eigenvalue weighted by Gasteiger charge is -2.06. The number of aryl methyl sites for hydroxylation is 1. The number of nitrogens with zero attached hydrogens (tertiary/aromatic N) is 2. The molecule has 1 aromatic heterocycles. The Hall–Kier alpha value is -2.64. The maximum atomic E-state index is 14.1. The second kappa shape index (κ2) is 5.78. The number of benzene rings is 1. The van der Waals surface area contributed by atoms with Crippen molar-refractivity contribution in [2.45, 2.75) is 19.8 Å². The molecular weight excluding hydrogens is 284 g/mol. The molecule has 2 aromatic rings. The fraction of sp³-hybridized carbons (Fsp3) is 0.231. The van der Waals surface area contributed by atoms with Crippen molar-refractivity contribution in [1.82, 2.24) is 9.97 Å². The Bertz CT molecular complexity index is 759. The van der Waals surface area contributed by atoms with E-state index in [1.54, 1.807) is 0 Å². The molecule has 0 unspecified atom stereocenters. The highest BCUT2D eigenvalue weighted by atomic mass is 19.1. The Balaban J connectivity index is 2.69. The highest BCUT2D eigenvalue weighted by molar-refractivity contribution is 5.61. The van der Waals surface area contributed by atoms with Gasteiger partial charge in [0.05, 0.1) is 10.5 Å². The lowest BCUT2D eigenvalue weighted by molar-refractivity contribution is -0.387. The second-order valence-corrected chi connectivity index (χ2v) is 4.35. The fourth-order valence-electron chi connectivity index (χ4n) is 1.91. The van der Waals surface area contributed by atoms with Crippen LogP contribution in [0.25, 0.3) is 11.4 Å². The molecule has 0 atom stereocenters. The smallest absolute Gasteiger partial charge is 0.305 e. The van der Waals surface area contributed by atoms with Crippen molar-refractivity contribution < 1.29 is 13.7 Å². The molecule has 1 N–H and O–H groups in total. The number of nitro groups is 1. The van der Waals surface area contributed by atoms with E-state index in [0.717, 1.165) is 12.1 Å². The monoisotopic (exact) mass is 295 g/mol. The van der Waals surface area contributed by atoms with Crippen molar-refractivity contribution in [3.05, 3.63) is 56.0 Å². The van der Waals surface area contributed by atoms with E-state index in [0.29, 0.717) is 18.5 Å². The van der Waals surface area contributed by atoms with E-state index in [4.69, 9.17) is 0 Å². The third kappa shape index (κ3) is 2.93. The number of rotatable bonds is 4. The van der Waals surface area contributed by atoms with Crippen molar-refractivity contribution in [3.63, 3.8) is 0 Å². The summed E-state index contributed by atoms with van der Waals surface area (Å²) >= 11 is 0. The summed E-state index contributed by atoms with van der Waals surface area (Å²) in [5.74, 6) is -2.75. The molecule has 6 nitrogen and oxygen atoms in total. The van der Waals surface area contributed by atoms with Gasteiger partial charge in [-0.25, -0.2) is 9.37 Å². The highest BCUT2D eigenvalue weighted by Crippen LogP contribution is 2.29. The molecule has 0 aliphatic carbocycles. The van der Waals surface area contributed by atoms with Crippen LogP contribution in [-0.4, -0.2) is 14.9 Å². The summed E-state index contributed by atoms with van der Waals surface area (Å²) in [5.41, 5.74) is -1.80. The third-order valence-corrected chi connectivity index (χ3v) is 2.81. The molecule has 0 fully saturated rings. The van der Waals surface area contributed by atoms with Gasteiger partial charge in [0.25, 0.3) is 5.56 Å². The van der Waals surface area contributed by atoms with Crippen LogP contribution in [0.4, 0.5) is 14.5 Å². The Morgan fingerprint density at radius 3 is 2.71 bits per heavy atom. The van der Waals surface area contributed by atoms with Crippen LogP contribution >= 0.6 is 0 Å². The molecule has 0 saturated heterocycles. The minimum atomic E-state index is -1.36. The summed E-state index contributed by atoms with van der Waals surface area (Å²) in [4.78, 5) is 27.4. The zero-order valence-corrected chi connectivity index (χ0v) is 11.0. The van der Waals surface area contributed by atoms with Crippen LogP contribution in [0.2, 0.25) is 0 Å². The van der Waals surface area contributed by atoms with Gasteiger partial charge in [0.2, 0.25) is 5.82 Å². The first kappa shape index (κ1) is 14.8. The molecule has 110 valence electrons. The average molecular weight is 295 g/mol. The molecule has 8 heteroatoms. The van der Waals surface area contributed by atoms with Crippen LogP contribution in [0, 0.1) is 21.7 Å². The first-order valence-electron chi connectivity index (χ1n) is 6.17. The number of nitro benzene ring substituents is 1. The predicted octanol–water partition coefficient (Wildman–Crippen LogP) is 2.58. The largest absolute Gasteiger partial charge is 0.306 e. The summed E-state index contributed by atoms with van der Waals surface area (Å²) < 4.78 is 27.9. The molecule has 0 spiro atoms. The summed E-state index contributed by atoms with van der Waals surface area (Å²) in [6.45, 7) is 1.86. The third-order valence-electron chi connectivity index (χ3n) is 2.81. The molecule has 21 heavy (non-hydrogen) atoms. The Labute approximate surface area is 117 Å². The predicted molar refractivity (Wildman–Crippen MR) is 70.9 cm³/mol. The van der Waals surface area contributed by atoms with Crippen LogP contribution < -0.4 is 5.56 Å². The highest BCUT2D eigenvalue weighted by Gasteiger charge is 2.24. The van der Waals surface area contributed by atoms with Gasteiger partial charge in [0, 0.05) is 17.8 Å². The van der Waals surface area contributed by atoms with Crippen molar-refractivity contribution in [2.24, 2.45) is 0 Å². The van der Waals surface area contributed by atoms with Crippen LogP contribution in [0.5, 0.6) is 0 Å². The quantitative estimate of drug-likeness (QED) is 0.693. The van der Waals surface area contributed by atoms with Crippen molar-refractivity contribution in [1.29, 1.82) is 0 Å². The molecule has 0 saturated carbocycles. The normalized spacial score (nSPS) is 10.6. The number of halogens is 2. The number of aromatic amines is 1. The van der Waals surface area contributed by atoms with Crippen LogP contribution in [0.1, 0.15) is 19.0 Å². The molecule has 0 aliphatic heterocycles. The van der Waals surface area contributed by atoms with Gasteiger partial charge < -0.3 is 4.98 Å². The summed E-state index contributed by atoms with van der Waals surface area (Å²) in [5, 5.41) is 10.7. The lowest BCUT2D eigenvalue weighted by atomic mass is 10.1. The first-order valence-corrected chi connectivity index (χ1v) is 6.17. The van der Waals surface area contributed by atoms with Crippen molar-refractivity contribution >= 4 is 5.69 Å². The maximum Gasteiger partial charge on any atom is 0.305 e. The van der Waals surface area contributed by atoms with E-state index in [2.05, 4.69) is 9.97 Å². The molecule has 2 rings (SSSR count).